The molecule has 1 aliphatic rings. The van der Waals surface area contributed by atoms with E-state index in [0.29, 0.717) is 11.6 Å². The number of hydrogen-bond donors (Lipinski definition) is 1. The van der Waals surface area contributed by atoms with Crippen LogP contribution in [0.25, 0.3) is 0 Å². The van der Waals surface area contributed by atoms with Crippen LogP contribution in [0.3, 0.4) is 0 Å². The van der Waals surface area contributed by atoms with Crippen molar-refractivity contribution in [2.45, 2.75) is 31.8 Å². The van der Waals surface area contributed by atoms with E-state index in [1.165, 1.54) is 5.56 Å². The molecule has 1 N–H and O–H groups in total. The Labute approximate surface area is 124 Å². The highest BCUT2D eigenvalue weighted by Gasteiger charge is 2.25. The van der Waals surface area contributed by atoms with Crippen molar-refractivity contribution in [3.8, 4) is 0 Å². The van der Waals surface area contributed by atoms with E-state index in [4.69, 9.17) is 9.52 Å². The minimum atomic E-state index is -0.884. The first-order valence-electron chi connectivity index (χ1n) is 7.24. The van der Waals surface area contributed by atoms with E-state index in [-0.39, 0.29) is 0 Å². The summed E-state index contributed by atoms with van der Waals surface area (Å²) in [6, 6.07) is 9.55. The molecule has 2 aromatic rings. The zero-order chi connectivity index (χ0) is 14.8. The van der Waals surface area contributed by atoms with Crippen LogP contribution < -0.4 is 0 Å². The zero-order valence-electron chi connectivity index (χ0n) is 12.1. The lowest BCUT2D eigenvalue weighted by Crippen LogP contribution is -2.26. The maximum Gasteiger partial charge on any atom is 0.335 e. The lowest BCUT2D eigenvalue weighted by atomic mass is 9.92. The molecule has 3 rings (SSSR count). The SMILES string of the molecule is CN(Cc1ccc(C(=O)O)cc1)C1CCCc2occc21. The number of rotatable bonds is 4. The number of benzene rings is 1. The quantitative estimate of drug-likeness (QED) is 0.934. The summed E-state index contributed by atoms with van der Waals surface area (Å²) in [4.78, 5) is 13.2. The standard InChI is InChI=1S/C17H19NO3/c1-18(11-12-5-7-13(8-6-12)17(19)20)15-3-2-4-16-14(15)9-10-21-16/h5-10,15H,2-4,11H2,1H3,(H,19,20). The molecule has 21 heavy (non-hydrogen) atoms. The van der Waals surface area contributed by atoms with Gasteiger partial charge < -0.3 is 9.52 Å². The van der Waals surface area contributed by atoms with Gasteiger partial charge in [0.2, 0.25) is 0 Å². The van der Waals surface area contributed by atoms with Gasteiger partial charge in [0.25, 0.3) is 0 Å². The Morgan fingerprint density at radius 3 is 2.81 bits per heavy atom. The molecule has 4 nitrogen and oxygen atoms in total. The van der Waals surface area contributed by atoms with Crippen molar-refractivity contribution in [3.05, 3.63) is 59.0 Å². The highest BCUT2D eigenvalue weighted by atomic mass is 16.4. The fraction of sp³-hybridized carbons (Fsp3) is 0.353. The Morgan fingerprint density at radius 1 is 1.33 bits per heavy atom. The van der Waals surface area contributed by atoms with Crippen LogP contribution in [0.2, 0.25) is 0 Å². The van der Waals surface area contributed by atoms with Crippen molar-refractivity contribution in [2.24, 2.45) is 0 Å². The van der Waals surface area contributed by atoms with Gasteiger partial charge in [-0.2, -0.15) is 0 Å². The lowest BCUT2D eigenvalue weighted by Gasteiger charge is -2.31. The Kier molecular flexibility index (Phi) is 3.80. The van der Waals surface area contributed by atoms with Crippen molar-refractivity contribution in [3.63, 3.8) is 0 Å². The number of nitrogens with zero attached hydrogens (tertiary/aromatic N) is 1. The summed E-state index contributed by atoms with van der Waals surface area (Å²) in [6.45, 7) is 0.801. The van der Waals surface area contributed by atoms with Crippen molar-refractivity contribution in [2.75, 3.05) is 7.05 Å². The van der Waals surface area contributed by atoms with Gasteiger partial charge in [-0.1, -0.05) is 12.1 Å². The minimum absolute atomic E-state index is 0.330. The van der Waals surface area contributed by atoms with Crippen molar-refractivity contribution in [1.82, 2.24) is 4.90 Å². The summed E-state index contributed by atoms with van der Waals surface area (Å²) >= 11 is 0. The number of carboxylic acids is 1. The molecule has 4 heteroatoms. The third kappa shape index (κ3) is 2.85. The first-order valence-corrected chi connectivity index (χ1v) is 7.24. The molecule has 1 aromatic carbocycles. The molecule has 0 radical (unpaired) electrons. The predicted molar refractivity (Wildman–Crippen MR) is 79.3 cm³/mol. The molecule has 0 spiro atoms. The van der Waals surface area contributed by atoms with Gasteiger partial charge in [0.05, 0.1) is 11.8 Å². The van der Waals surface area contributed by atoms with Gasteiger partial charge in [0, 0.05) is 24.6 Å². The van der Waals surface area contributed by atoms with E-state index in [9.17, 15) is 4.79 Å². The average molecular weight is 285 g/mol. The molecule has 1 unspecified atom stereocenters. The van der Waals surface area contributed by atoms with E-state index >= 15 is 0 Å². The summed E-state index contributed by atoms with van der Waals surface area (Å²) in [7, 11) is 2.11. The van der Waals surface area contributed by atoms with Gasteiger partial charge in [0.1, 0.15) is 5.76 Å². The third-order valence-electron chi connectivity index (χ3n) is 4.19. The van der Waals surface area contributed by atoms with Crippen molar-refractivity contribution in [1.29, 1.82) is 0 Å². The minimum Gasteiger partial charge on any atom is -0.478 e. The van der Waals surface area contributed by atoms with Crippen LogP contribution in [-0.4, -0.2) is 23.0 Å². The largest absolute Gasteiger partial charge is 0.478 e. The van der Waals surface area contributed by atoms with Crippen LogP contribution in [0, 0.1) is 0 Å². The van der Waals surface area contributed by atoms with Crippen molar-refractivity contribution >= 4 is 5.97 Å². The molecule has 0 saturated carbocycles. The molecule has 1 atom stereocenters. The highest BCUT2D eigenvalue weighted by molar-refractivity contribution is 5.87. The van der Waals surface area contributed by atoms with Gasteiger partial charge in [-0.3, -0.25) is 4.90 Å². The molecule has 1 aromatic heterocycles. The van der Waals surface area contributed by atoms with Crippen LogP contribution in [0.1, 0.15) is 46.1 Å². The Bertz CT molecular complexity index is 630. The van der Waals surface area contributed by atoms with Crippen LogP contribution in [0.15, 0.2) is 41.0 Å². The van der Waals surface area contributed by atoms with Gasteiger partial charge in [-0.05, 0) is 43.7 Å². The predicted octanol–water partition coefficient (Wildman–Crippen LogP) is 3.49. The van der Waals surface area contributed by atoms with E-state index in [0.717, 1.165) is 37.1 Å². The zero-order valence-corrected chi connectivity index (χ0v) is 12.1. The number of fused-ring (bicyclic) bond motifs is 1. The number of aryl methyl sites for hydroxylation is 1. The van der Waals surface area contributed by atoms with Gasteiger partial charge in [0.15, 0.2) is 0 Å². The number of furan rings is 1. The monoisotopic (exact) mass is 285 g/mol. The fourth-order valence-electron chi connectivity index (χ4n) is 3.07. The second-order valence-corrected chi connectivity index (χ2v) is 5.62. The number of aromatic carboxylic acids is 1. The number of carbonyl (C=O) groups is 1. The molecule has 1 heterocycles. The summed E-state index contributed by atoms with van der Waals surface area (Å²) in [5.74, 6) is 0.226. The fourth-order valence-corrected chi connectivity index (χ4v) is 3.07. The lowest BCUT2D eigenvalue weighted by molar-refractivity contribution is 0.0697. The van der Waals surface area contributed by atoms with E-state index in [2.05, 4.69) is 18.0 Å². The van der Waals surface area contributed by atoms with Crippen LogP contribution >= 0.6 is 0 Å². The van der Waals surface area contributed by atoms with Crippen LogP contribution in [-0.2, 0) is 13.0 Å². The molecule has 0 saturated heterocycles. The van der Waals surface area contributed by atoms with Crippen LogP contribution in [0.5, 0.6) is 0 Å². The van der Waals surface area contributed by atoms with Crippen LogP contribution in [0.4, 0.5) is 0 Å². The van der Waals surface area contributed by atoms with E-state index < -0.39 is 5.97 Å². The summed E-state index contributed by atoms with van der Waals surface area (Å²) in [5.41, 5.74) is 2.75. The highest BCUT2D eigenvalue weighted by Crippen LogP contribution is 2.34. The second kappa shape index (κ2) is 5.74. The molecule has 110 valence electrons. The summed E-state index contributed by atoms with van der Waals surface area (Å²) in [6.07, 6.45) is 5.09. The first kappa shape index (κ1) is 13.9. The molecule has 0 amide bonds. The Morgan fingerprint density at radius 2 is 2.10 bits per heavy atom. The first-order chi connectivity index (χ1) is 10.1. The Balaban J connectivity index is 1.72. The van der Waals surface area contributed by atoms with E-state index in [1.807, 2.05) is 12.1 Å². The summed E-state index contributed by atoms with van der Waals surface area (Å²) in [5, 5.41) is 8.93. The van der Waals surface area contributed by atoms with Gasteiger partial charge in [-0.15, -0.1) is 0 Å². The molecule has 1 aliphatic carbocycles. The Hall–Kier alpha value is -2.07. The number of hydrogen-bond acceptors (Lipinski definition) is 3. The van der Waals surface area contributed by atoms with Gasteiger partial charge >= 0.3 is 5.97 Å². The van der Waals surface area contributed by atoms with E-state index in [1.54, 1.807) is 18.4 Å². The maximum absolute atomic E-state index is 10.9. The summed E-state index contributed by atoms with van der Waals surface area (Å²) < 4.78 is 5.54. The normalized spacial score (nSPS) is 17.7. The molecule has 0 bridgehead atoms. The second-order valence-electron chi connectivity index (χ2n) is 5.62. The maximum atomic E-state index is 10.9. The third-order valence-corrected chi connectivity index (χ3v) is 4.19. The van der Waals surface area contributed by atoms with Crippen molar-refractivity contribution < 1.29 is 14.3 Å². The molecular weight excluding hydrogens is 266 g/mol. The molecule has 0 aliphatic heterocycles. The molecular formula is C17H19NO3. The smallest absolute Gasteiger partial charge is 0.335 e. The molecule has 0 fully saturated rings. The van der Waals surface area contributed by atoms with Gasteiger partial charge in [-0.25, -0.2) is 4.79 Å². The number of carboxylic acid groups (broad SMARTS) is 1. The average Bonchev–Trinajstić information content (AvgIpc) is 2.96. The topological polar surface area (TPSA) is 53.7 Å².